The summed E-state index contributed by atoms with van der Waals surface area (Å²) in [7, 11) is 0. The summed E-state index contributed by atoms with van der Waals surface area (Å²) in [5, 5.41) is 20.3. The highest BCUT2D eigenvalue weighted by Gasteiger charge is 2.53. The fraction of sp³-hybridized carbons (Fsp3) is 0.632. The van der Waals surface area contributed by atoms with Crippen LogP contribution in [0.4, 0.5) is 8.78 Å². The second-order valence-corrected chi connectivity index (χ2v) is 7.60. The topological polar surface area (TPSA) is 83.5 Å². The number of carboxylic acid groups (broad SMARTS) is 1. The average Bonchev–Trinajstić information content (AvgIpc) is 2.95. The Balaban J connectivity index is 1.82. The minimum absolute atomic E-state index is 0.00192. The zero-order valence-electron chi connectivity index (χ0n) is 14.1. The van der Waals surface area contributed by atoms with Crippen LogP contribution in [0.15, 0.2) is 24.3 Å². The highest BCUT2D eigenvalue weighted by molar-refractivity contribution is 5.79. The molecular weight excluding hydrogens is 328 g/mol. The molecule has 3 rings (SSSR count). The SMILES string of the molecule is NC1CCC(c2ccc(C(O)(C(=O)O)[C@@H]3CCC(F)(F)C3)cc2)CC1. The number of carboxylic acids is 1. The normalized spacial score (nSPS) is 31.4. The first-order valence-electron chi connectivity index (χ1n) is 8.92. The van der Waals surface area contributed by atoms with E-state index in [-0.39, 0.29) is 24.4 Å². The number of aliphatic carboxylic acids is 1. The lowest BCUT2D eigenvalue weighted by atomic mass is 9.78. The van der Waals surface area contributed by atoms with Crippen molar-refractivity contribution in [3.8, 4) is 0 Å². The molecule has 4 N–H and O–H groups in total. The molecule has 6 heteroatoms. The summed E-state index contributed by atoms with van der Waals surface area (Å²) in [4.78, 5) is 11.7. The maximum atomic E-state index is 13.5. The van der Waals surface area contributed by atoms with Gasteiger partial charge in [-0.25, -0.2) is 13.6 Å². The quantitative estimate of drug-likeness (QED) is 0.775. The van der Waals surface area contributed by atoms with E-state index in [9.17, 15) is 23.8 Å². The van der Waals surface area contributed by atoms with Gasteiger partial charge in [0.15, 0.2) is 5.60 Å². The molecule has 0 aliphatic heterocycles. The summed E-state index contributed by atoms with van der Waals surface area (Å²) in [6, 6.07) is 7.04. The van der Waals surface area contributed by atoms with Gasteiger partial charge in [0.1, 0.15) is 0 Å². The molecular formula is C19H25F2NO3. The van der Waals surface area contributed by atoms with E-state index in [2.05, 4.69) is 0 Å². The molecule has 25 heavy (non-hydrogen) atoms. The van der Waals surface area contributed by atoms with Crippen LogP contribution in [0.5, 0.6) is 0 Å². The van der Waals surface area contributed by atoms with Gasteiger partial charge in [-0.05, 0) is 49.1 Å². The number of nitrogens with two attached hydrogens (primary N) is 1. The summed E-state index contributed by atoms with van der Waals surface area (Å²) >= 11 is 0. The number of carbonyl (C=O) groups is 1. The van der Waals surface area contributed by atoms with Crippen LogP contribution in [0.2, 0.25) is 0 Å². The lowest BCUT2D eigenvalue weighted by Crippen LogP contribution is -2.42. The number of aliphatic hydroxyl groups is 1. The summed E-state index contributed by atoms with van der Waals surface area (Å²) in [6.45, 7) is 0. The van der Waals surface area contributed by atoms with Crippen molar-refractivity contribution in [2.75, 3.05) is 0 Å². The molecule has 0 amide bonds. The zero-order chi connectivity index (χ0) is 18.2. The molecule has 2 fully saturated rings. The molecule has 4 nitrogen and oxygen atoms in total. The van der Waals surface area contributed by atoms with Crippen LogP contribution in [0, 0.1) is 5.92 Å². The van der Waals surface area contributed by atoms with Gasteiger partial charge in [0.25, 0.3) is 0 Å². The Morgan fingerprint density at radius 3 is 2.20 bits per heavy atom. The summed E-state index contributed by atoms with van der Waals surface area (Å²) in [6.07, 6.45) is 2.91. The maximum Gasteiger partial charge on any atom is 0.340 e. The fourth-order valence-electron chi connectivity index (χ4n) is 4.30. The van der Waals surface area contributed by atoms with Gasteiger partial charge in [0.05, 0.1) is 0 Å². The third-order valence-electron chi connectivity index (χ3n) is 5.91. The van der Waals surface area contributed by atoms with Gasteiger partial charge >= 0.3 is 5.97 Å². The molecule has 0 aromatic heterocycles. The highest BCUT2D eigenvalue weighted by atomic mass is 19.3. The molecule has 2 aliphatic carbocycles. The Bertz CT molecular complexity index is 626. The van der Waals surface area contributed by atoms with Gasteiger partial charge in [-0.1, -0.05) is 24.3 Å². The summed E-state index contributed by atoms with van der Waals surface area (Å²) < 4.78 is 27.1. The Labute approximate surface area is 146 Å². The number of alkyl halides is 2. The minimum Gasteiger partial charge on any atom is -0.479 e. The molecule has 0 radical (unpaired) electrons. The largest absolute Gasteiger partial charge is 0.479 e. The van der Waals surface area contributed by atoms with Crippen molar-refractivity contribution in [1.29, 1.82) is 0 Å². The van der Waals surface area contributed by atoms with Gasteiger partial charge < -0.3 is 15.9 Å². The van der Waals surface area contributed by atoms with Gasteiger partial charge in [-0.2, -0.15) is 0 Å². The van der Waals surface area contributed by atoms with Gasteiger partial charge in [0.2, 0.25) is 5.92 Å². The smallest absolute Gasteiger partial charge is 0.340 e. The molecule has 2 saturated carbocycles. The fourth-order valence-corrected chi connectivity index (χ4v) is 4.30. The molecule has 0 spiro atoms. The molecule has 1 aromatic rings. The van der Waals surface area contributed by atoms with Crippen LogP contribution in [0.3, 0.4) is 0 Å². The van der Waals surface area contributed by atoms with Crippen LogP contribution in [-0.2, 0) is 10.4 Å². The number of benzene rings is 1. The maximum absolute atomic E-state index is 13.5. The van der Waals surface area contributed by atoms with Gasteiger partial charge in [0, 0.05) is 24.8 Å². The molecule has 0 saturated heterocycles. The monoisotopic (exact) mass is 353 g/mol. The van der Waals surface area contributed by atoms with Crippen molar-refractivity contribution in [2.24, 2.45) is 11.7 Å². The molecule has 1 unspecified atom stereocenters. The number of hydrogen-bond acceptors (Lipinski definition) is 3. The predicted octanol–water partition coefficient (Wildman–Crippen LogP) is 3.38. The molecule has 0 bridgehead atoms. The van der Waals surface area contributed by atoms with E-state index in [0.29, 0.717) is 5.92 Å². The van der Waals surface area contributed by atoms with E-state index in [1.54, 1.807) is 12.1 Å². The molecule has 138 valence electrons. The van der Waals surface area contributed by atoms with Crippen LogP contribution >= 0.6 is 0 Å². The second-order valence-electron chi connectivity index (χ2n) is 7.60. The zero-order valence-corrected chi connectivity index (χ0v) is 14.1. The first kappa shape index (κ1) is 18.3. The average molecular weight is 353 g/mol. The molecule has 0 heterocycles. The lowest BCUT2D eigenvalue weighted by Gasteiger charge is -2.31. The first-order chi connectivity index (χ1) is 11.7. The number of halogens is 2. The summed E-state index contributed by atoms with van der Waals surface area (Å²) in [5.41, 5.74) is 4.91. The van der Waals surface area contributed by atoms with Gasteiger partial charge in [-0.3, -0.25) is 0 Å². The van der Waals surface area contributed by atoms with Crippen LogP contribution in [0.25, 0.3) is 0 Å². The van der Waals surface area contributed by atoms with Crippen molar-refractivity contribution >= 4 is 5.97 Å². The van der Waals surface area contributed by atoms with Gasteiger partial charge in [-0.15, -0.1) is 0 Å². The molecule has 1 aromatic carbocycles. The summed E-state index contributed by atoms with van der Waals surface area (Å²) in [5.74, 6) is -4.98. The predicted molar refractivity (Wildman–Crippen MR) is 89.4 cm³/mol. The van der Waals surface area contributed by atoms with E-state index in [1.807, 2.05) is 12.1 Å². The van der Waals surface area contributed by atoms with Crippen molar-refractivity contribution in [2.45, 2.75) is 68.4 Å². The van der Waals surface area contributed by atoms with Crippen LogP contribution in [-0.4, -0.2) is 28.1 Å². The third kappa shape index (κ3) is 3.55. The van der Waals surface area contributed by atoms with Crippen molar-refractivity contribution < 1.29 is 23.8 Å². The van der Waals surface area contributed by atoms with E-state index in [4.69, 9.17) is 5.73 Å². The van der Waals surface area contributed by atoms with Crippen molar-refractivity contribution in [3.63, 3.8) is 0 Å². The Morgan fingerprint density at radius 2 is 1.72 bits per heavy atom. The second kappa shape index (κ2) is 6.65. The Morgan fingerprint density at radius 1 is 1.12 bits per heavy atom. The van der Waals surface area contributed by atoms with E-state index < -0.39 is 29.8 Å². The minimum atomic E-state index is -2.91. The van der Waals surface area contributed by atoms with Crippen LogP contribution in [0.1, 0.15) is 62.0 Å². The number of rotatable bonds is 4. The first-order valence-corrected chi connectivity index (χ1v) is 8.92. The highest BCUT2D eigenvalue weighted by Crippen LogP contribution is 2.47. The standard InChI is InChI=1S/C19H25F2NO3/c20-18(21)10-9-15(11-18)19(25,17(23)24)14-5-1-12(2-6-14)13-3-7-16(22)8-4-13/h1-2,5-6,13,15-16,25H,3-4,7-11,22H2,(H,23,24)/t13?,15-,16?,19?/m1/s1. The Hall–Kier alpha value is -1.53. The number of hydrogen-bond donors (Lipinski definition) is 3. The molecule has 2 aliphatic rings. The third-order valence-corrected chi connectivity index (χ3v) is 5.91. The van der Waals surface area contributed by atoms with E-state index in [0.717, 1.165) is 31.2 Å². The Kier molecular flexibility index (Phi) is 4.86. The molecule has 2 atom stereocenters. The van der Waals surface area contributed by atoms with E-state index >= 15 is 0 Å². The van der Waals surface area contributed by atoms with Crippen molar-refractivity contribution in [1.82, 2.24) is 0 Å². The van der Waals surface area contributed by atoms with E-state index in [1.165, 1.54) is 0 Å². The lowest BCUT2D eigenvalue weighted by molar-refractivity contribution is -0.167. The van der Waals surface area contributed by atoms with Crippen LogP contribution < -0.4 is 5.73 Å². The van der Waals surface area contributed by atoms with Crippen molar-refractivity contribution in [3.05, 3.63) is 35.4 Å².